The van der Waals surface area contributed by atoms with E-state index in [1.54, 1.807) is 35.6 Å². The van der Waals surface area contributed by atoms with Gasteiger partial charge in [0.05, 0.1) is 15.2 Å². The molecule has 5 nitrogen and oxygen atoms in total. The number of nitrogens with zero attached hydrogens (tertiary/aromatic N) is 1. The molecule has 0 bridgehead atoms. The van der Waals surface area contributed by atoms with Crippen LogP contribution in [0.25, 0.3) is 10.2 Å². The second-order valence-corrected chi connectivity index (χ2v) is 6.68. The van der Waals surface area contributed by atoms with Crippen LogP contribution in [0.3, 0.4) is 0 Å². The van der Waals surface area contributed by atoms with Crippen molar-refractivity contribution in [3.05, 3.63) is 59.1 Å². The highest BCUT2D eigenvalue weighted by Crippen LogP contribution is 2.22. The number of benzene rings is 2. The number of carbonyl (C=O) groups is 2. The van der Waals surface area contributed by atoms with Gasteiger partial charge in [-0.05, 0) is 37.3 Å². The lowest BCUT2D eigenvalue weighted by atomic mass is 10.2. The zero-order chi connectivity index (χ0) is 17.6. The Hall–Kier alpha value is -2.73. The lowest BCUT2D eigenvalue weighted by Gasteiger charge is -2.07. The van der Waals surface area contributed by atoms with Gasteiger partial charge in [0.2, 0.25) is 5.91 Å². The van der Waals surface area contributed by atoms with Crippen molar-refractivity contribution >= 4 is 39.1 Å². The van der Waals surface area contributed by atoms with Crippen LogP contribution >= 0.6 is 11.3 Å². The van der Waals surface area contributed by atoms with Gasteiger partial charge in [-0.25, -0.2) is 4.98 Å². The van der Waals surface area contributed by atoms with Gasteiger partial charge in [0.1, 0.15) is 0 Å². The molecule has 0 spiro atoms. The Morgan fingerprint density at radius 1 is 1.12 bits per heavy atom. The van der Waals surface area contributed by atoms with Crippen molar-refractivity contribution in [3.8, 4) is 0 Å². The van der Waals surface area contributed by atoms with E-state index in [1.807, 2.05) is 31.2 Å². The Balaban J connectivity index is 1.59. The van der Waals surface area contributed by atoms with Crippen LogP contribution in [0, 0.1) is 0 Å². The van der Waals surface area contributed by atoms with Crippen LogP contribution in [0.2, 0.25) is 0 Å². The van der Waals surface area contributed by atoms with E-state index in [1.165, 1.54) is 0 Å². The lowest BCUT2D eigenvalue weighted by molar-refractivity contribution is -0.116. The van der Waals surface area contributed by atoms with Crippen molar-refractivity contribution in [2.24, 2.45) is 0 Å². The largest absolute Gasteiger partial charge is 0.352 e. The molecule has 2 aromatic carbocycles. The maximum atomic E-state index is 12.2. The number of rotatable bonds is 6. The first-order valence-electron chi connectivity index (χ1n) is 8.18. The summed E-state index contributed by atoms with van der Waals surface area (Å²) in [6, 6.07) is 14.9. The SMILES string of the molecule is CCNC(=O)c1cccc(NC(=O)CCc2nc3ccccc3s2)c1. The van der Waals surface area contributed by atoms with Crippen LogP contribution in [0.1, 0.15) is 28.7 Å². The van der Waals surface area contributed by atoms with Gasteiger partial charge in [-0.3, -0.25) is 9.59 Å². The van der Waals surface area contributed by atoms with E-state index in [0.717, 1.165) is 15.2 Å². The van der Waals surface area contributed by atoms with Gasteiger partial charge in [-0.1, -0.05) is 18.2 Å². The summed E-state index contributed by atoms with van der Waals surface area (Å²) in [5.41, 5.74) is 2.13. The minimum atomic E-state index is -0.145. The van der Waals surface area contributed by atoms with Gasteiger partial charge < -0.3 is 10.6 Å². The quantitative estimate of drug-likeness (QED) is 0.711. The van der Waals surface area contributed by atoms with E-state index < -0.39 is 0 Å². The third-order valence-electron chi connectivity index (χ3n) is 3.65. The molecule has 0 aliphatic rings. The first-order chi connectivity index (χ1) is 12.2. The number of fused-ring (bicyclic) bond motifs is 1. The van der Waals surface area contributed by atoms with Crippen molar-refractivity contribution in [3.63, 3.8) is 0 Å². The summed E-state index contributed by atoms with van der Waals surface area (Å²) in [6.45, 7) is 2.43. The molecule has 128 valence electrons. The van der Waals surface area contributed by atoms with Gasteiger partial charge in [0.25, 0.3) is 5.91 Å². The zero-order valence-electron chi connectivity index (χ0n) is 13.9. The molecule has 3 aromatic rings. The van der Waals surface area contributed by atoms with Crippen molar-refractivity contribution in [1.82, 2.24) is 10.3 Å². The number of anilines is 1. The number of nitrogens with one attached hydrogen (secondary N) is 2. The van der Waals surface area contributed by atoms with Crippen LogP contribution in [0.15, 0.2) is 48.5 Å². The Morgan fingerprint density at radius 3 is 2.76 bits per heavy atom. The first kappa shape index (κ1) is 17.1. The summed E-state index contributed by atoms with van der Waals surface area (Å²) >= 11 is 1.61. The maximum absolute atomic E-state index is 12.2. The van der Waals surface area contributed by atoms with Gasteiger partial charge >= 0.3 is 0 Å². The van der Waals surface area contributed by atoms with E-state index in [2.05, 4.69) is 15.6 Å². The van der Waals surface area contributed by atoms with E-state index in [-0.39, 0.29) is 11.8 Å². The van der Waals surface area contributed by atoms with Gasteiger partial charge in [0.15, 0.2) is 0 Å². The number of carbonyl (C=O) groups excluding carboxylic acids is 2. The molecule has 1 aromatic heterocycles. The highest BCUT2D eigenvalue weighted by molar-refractivity contribution is 7.18. The molecule has 3 rings (SSSR count). The summed E-state index contributed by atoms with van der Waals surface area (Å²) in [5, 5.41) is 6.54. The highest BCUT2D eigenvalue weighted by atomic mass is 32.1. The number of para-hydroxylation sites is 1. The van der Waals surface area contributed by atoms with E-state index >= 15 is 0 Å². The number of hydrogen-bond acceptors (Lipinski definition) is 4. The predicted molar refractivity (Wildman–Crippen MR) is 101 cm³/mol. The Morgan fingerprint density at radius 2 is 1.96 bits per heavy atom. The standard InChI is InChI=1S/C19H19N3O2S/c1-2-20-19(24)13-6-5-7-14(12-13)21-17(23)10-11-18-22-15-8-3-4-9-16(15)25-18/h3-9,12H,2,10-11H2,1H3,(H,20,24)(H,21,23). The van der Waals surface area contributed by atoms with Crippen molar-refractivity contribution in [2.45, 2.75) is 19.8 Å². The topological polar surface area (TPSA) is 71.1 Å². The van der Waals surface area contributed by atoms with Crippen LogP contribution < -0.4 is 10.6 Å². The fraction of sp³-hybridized carbons (Fsp3) is 0.211. The van der Waals surface area contributed by atoms with Gasteiger partial charge in [-0.2, -0.15) is 0 Å². The second-order valence-electron chi connectivity index (χ2n) is 5.56. The average Bonchev–Trinajstić information content (AvgIpc) is 3.03. The Labute approximate surface area is 150 Å². The minimum absolute atomic E-state index is 0.0905. The van der Waals surface area contributed by atoms with Crippen molar-refractivity contribution in [2.75, 3.05) is 11.9 Å². The molecule has 0 saturated carbocycles. The van der Waals surface area contributed by atoms with Crippen molar-refractivity contribution in [1.29, 1.82) is 0 Å². The monoisotopic (exact) mass is 353 g/mol. The Bertz CT molecular complexity index is 871. The molecule has 6 heteroatoms. The van der Waals surface area contributed by atoms with E-state index in [0.29, 0.717) is 30.6 Å². The van der Waals surface area contributed by atoms with E-state index in [9.17, 15) is 9.59 Å². The maximum Gasteiger partial charge on any atom is 0.251 e. The van der Waals surface area contributed by atoms with Crippen LogP contribution in [-0.2, 0) is 11.2 Å². The molecule has 0 atom stereocenters. The molecule has 0 fully saturated rings. The third-order valence-corrected chi connectivity index (χ3v) is 4.75. The molecule has 0 unspecified atom stereocenters. The van der Waals surface area contributed by atoms with Crippen molar-refractivity contribution < 1.29 is 9.59 Å². The van der Waals surface area contributed by atoms with Gasteiger partial charge in [-0.15, -0.1) is 11.3 Å². The van der Waals surface area contributed by atoms with Crippen LogP contribution in [-0.4, -0.2) is 23.3 Å². The van der Waals surface area contributed by atoms with Gasteiger partial charge in [0, 0.05) is 30.6 Å². The first-order valence-corrected chi connectivity index (χ1v) is 9.00. The summed E-state index contributed by atoms with van der Waals surface area (Å²) in [6.07, 6.45) is 0.951. The third kappa shape index (κ3) is 4.42. The summed E-state index contributed by atoms with van der Waals surface area (Å²) < 4.78 is 1.13. The normalized spacial score (nSPS) is 10.6. The predicted octanol–water partition coefficient (Wildman–Crippen LogP) is 3.62. The molecular weight excluding hydrogens is 334 g/mol. The summed E-state index contributed by atoms with van der Waals surface area (Å²) in [4.78, 5) is 28.6. The molecule has 0 saturated heterocycles. The molecule has 0 aliphatic heterocycles. The smallest absolute Gasteiger partial charge is 0.251 e. The molecule has 0 radical (unpaired) electrons. The Kier molecular flexibility index (Phi) is 5.40. The number of thiazole rings is 1. The summed E-state index contributed by atoms with van der Waals surface area (Å²) in [7, 11) is 0. The second kappa shape index (κ2) is 7.90. The molecule has 1 heterocycles. The van der Waals surface area contributed by atoms with Crippen LogP contribution in [0.5, 0.6) is 0 Å². The molecule has 0 aliphatic carbocycles. The fourth-order valence-electron chi connectivity index (χ4n) is 2.47. The zero-order valence-corrected chi connectivity index (χ0v) is 14.7. The molecule has 25 heavy (non-hydrogen) atoms. The number of hydrogen-bond donors (Lipinski definition) is 2. The fourth-order valence-corrected chi connectivity index (χ4v) is 3.44. The molecular formula is C19H19N3O2S. The minimum Gasteiger partial charge on any atom is -0.352 e. The highest BCUT2D eigenvalue weighted by Gasteiger charge is 2.09. The molecule has 2 N–H and O–H groups in total. The number of amides is 2. The average molecular weight is 353 g/mol. The number of aryl methyl sites for hydroxylation is 1. The van der Waals surface area contributed by atoms with E-state index in [4.69, 9.17) is 0 Å². The number of aromatic nitrogens is 1. The lowest BCUT2D eigenvalue weighted by Crippen LogP contribution is -2.22. The molecule has 2 amide bonds. The van der Waals surface area contributed by atoms with Crippen LogP contribution in [0.4, 0.5) is 5.69 Å². The summed E-state index contributed by atoms with van der Waals surface area (Å²) in [5.74, 6) is -0.236.